The number of hydrogen-bond donors (Lipinski definition) is 2. The smallest absolute Gasteiger partial charge is 0.191 e. The van der Waals surface area contributed by atoms with E-state index in [0.29, 0.717) is 6.54 Å². The van der Waals surface area contributed by atoms with Crippen LogP contribution in [0.5, 0.6) is 11.5 Å². The summed E-state index contributed by atoms with van der Waals surface area (Å²) in [5.41, 5.74) is 1.23. The van der Waals surface area contributed by atoms with Crippen LogP contribution in [0.4, 0.5) is 0 Å². The average molecular weight is 518 g/mol. The van der Waals surface area contributed by atoms with E-state index < -0.39 is 0 Å². The van der Waals surface area contributed by atoms with Crippen LogP contribution in [0.25, 0.3) is 0 Å². The van der Waals surface area contributed by atoms with Crippen LogP contribution in [-0.2, 0) is 19.4 Å². The summed E-state index contributed by atoms with van der Waals surface area (Å²) in [5.74, 6) is 2.36. The first-order valence-corrected chi connectivity index (χ1v) is 10.2. The molecule has 1 heterocycles. The van der Waals surface area contributed by atoms with Crippen LogP contribution in [0.2, 0.25) is 0 Å². The van der Waals surface area contributed by atoms with E-state index in [4.69, 9.17) is 9.47 Å². The molecule has 0 saturated heterocycles. The van der Waals surface area contributed by atoms with Gasteiger partial charge in [-0.2, -0.15) is 0 Å². The van der Waals surface area contributed by atoms with Crippen molar-refractivity contribution >= 4 is 41.3 Å². The second kappa shape index (κ2) is 13.6. The highest BCUT2D eigenvalue weighted by Crippen LogP contribution is 2.27. The Morgan fingerprint density at radius 1 is 1.14 bits per heavy atom. The topological polar surface area (TPSA) is 67.8 Å². The van der Waals surface area contributed by atoms with E-state index in [2.05, 4.69) is 40.5 Å². The van der Waals surface area contributed by atoms with Gasteiger partial charge in [0.2, 0.25) is 0 Å². The van der Waals surface area contributed by atoms with Crippen molar-refractivity contribution in [2.45, 2.75) is 39.7 Å². The fraction of sp³-hybridized carbons (Fsp3) is 0.500. The molecule has 156 valence electrons. The molecule has 0 fully saturated rings. The quantitative estimate of drug-likeness (QED) is 0.215. The molecule has 6 nitrogen and oxygen atoms in total. The van der Waals surface area contributed by atoms with Crippen molar-refractivity contribution < 1.29 is 9.47 Å². The Bertz CT molecular complexity index is 737. The Kier molecular flexibility index (Phi) is 11.9. The van der Waals surface area contributed by atoms with Crippen LogP contribution in [-0.4, -0.2) is 38.3 Å². The number of nitrogens with one attached hydrogen (secondary N) is 2. The Labute approximate surface area is 189 Å². The average Bonchev–Trinajstić information content (AvgIpc) is 3.17. The van der Waals surface area contributed by atoms with Gasteiger partial charge in [-0.25, -0.2) is 9.98 Å². The summed E-state index contributed by atoms with van der Waals surface area (Å²) >= 11 is 1.73. The molecular formula is C20H31IN4O2S. The van der Waals surface area contributed by atoms with Gasteiger partial charge < -0.3 is 20.1 Å². The molecule has 0 amide bonds. The van der Waals surface area contributed by atoms with Crippen LogP contribution in [0, 0.1) is 0 Å². The predicted octanol–water partition coefficient (Wildman–Crippen LogP) is 4.03. The SMILES string of the molecule is CCNC(=NCc1ncc(CC)s1)NCCCc1ccc(OC)c(OC)c1.I. The second-order valence-electron chi connectivity index (χ2n) is 5.99. The number of guanidine groups is 1. The van der Waals surface area contributed by atoms with E-state index in [1.807, 2.05) is 18.3 Å². The zero-order chi connectivity index (χ0) is 19.5. The summed E-state index contributed by atoms with van der Waals surface area (Å²) in [7, 11) is 3.31. The van der Waals surface area contributed by atoms with Gasteiger partial charge in [0, 0.05) is 24.2 Å². The molecule has 0 saturated carbocycles. The molecule has 28 heavy (non-hydrogen) atoms. The van der Waals surface area contributed by atoms with E-state index in [1.54, 1.807) is 25.6 Å². The van der Waals surface area contributed by atoms with Gasteiger partial charge in [-0.3, -0.25) is 0 Å². The van der Waals surface area contributed by atoms with Crippen molar-refractivity contribution in [2.75, 3.05) is 27.3 Å². The Morgan fingerprint density at radius 2 is 1.93 bits per heavy atom. The molecule has 8 heteroatoms. The van der Waals surface area contributed by atoms with Crippen molar-refractivity contribution in [1.29, 1.82) is 0 Å². The Morgan fingerprint density at radius 3 is 2.57 bits per heavy atom. The van der Waals surface area contributed by atoms with Crippen molar-refractivity contribution in [3.63, 3.8) is 0 Å². The van der Waals surface area contributed by atoms with Crippen molar-refractivity contribution in [3.05, 3.63) is 39.8 Å². The summed E-state index contributed by atoms with van der Waals surface area (Å²) in [6.07, 6.45) is 4.92. The van der Waals surface area contributed by atoms with Gasteiger partial charge in [-0.1, -0.05) is 13.0 Å². The van der Waals surface area contributed by atoms with E-state index in [1.165, 1.54) is 10.4 Å². The second-order valence-corrected chi connectivity index (χ2v) is 7.19. The highest BCUT2D eigenvalue weighted by Gasteiger charge is 2.05. The maximum Gasteiger partial charge on any atom is 0.191 e. The number of aromatic nitrogens is 1. The normalized spacial score (nSPS) is 10.9. The summed E-state index contributed by atoms with van der Waals surface area (Å²) < 4.78 is 10.6. The minimum absolute atomic E-state index is 0. The number of halogens is 1. The van der Waals surface area contributed by atoms with Crippen LogP contribution >= 0.6 is 35.3 Å². The van der Waals surface area contributed by atoms with Gasteiger partial charge in [0.15, 0.2) is 17.5 Å². The molecule has 0 radical (unpaired) electrons. The monoisotopic (exact) mass is 518 g/mol. The third-order valence-electron chi connectivity index (χ3n) is 4.05. The van der Waals surface area contributed by atoms with Crippen LogP contribution < -0.4 is 20.1 Å². The maximum atomic E-state index is 5.36. The third-order valence-corrected chi connectivity index (χ3v) is 5.18. The fourth-order valence-electron chi connectivity index (χ4n) is 2.61. The third kappa shape index (κ3) is 7.83. The lowest BCUT2D eigenvalue weighted by molar-refractivity contribution is 0.354. The number of nitrogens with zero attached hydrogens (tertiary/aromatic N) is 2. The standard InChI is InChI=1S/C20H30N4O2S.HI/c1-5-16-13-23-19(27-16)14-24-20(21-6-2)22-11-7-8-15-9-10-17(25-3)18(12-15)26-4;/h9-10,12-13H,5-8,11,14H2,1-4H3,(H2,21,22,24);1H. The minimum Gasteiger partial charge on any atom is -0.493 e. The highest BCUT2D eigenvalue weighted by molar-refractivity contribution is 14.0. The number of hydrogen-bond acceptors (Lipinski definition) is 5. The van der Waals surface area contributed by atoms with E-state index in [9.17, 15) is 0 Å². The van der Waals surface area contributed by atoms with Gasteiger partial charge in [0.1, 0.15) is 5.01 Å². The lowest BCUT2D eigenvalue weighted by Crippen LogP contribution is -2.37. The first-order chi connectivity index (χ1) is 13.2. The molecule has 2 rings (SSSR count). The molecule has 0 aliphatic heterocycles. The molecule has 0 spiro atoms. The van der Waals surface area contributed by atoms with Gasteiger partial charge in [0.05, 0.1) is 20.8 Å². The molecule has 0 aliphatic carbocycles. The highest BCUT2D eigenvalue weighted by atomic mass is 127. The predicted molar refractivity (Wildman–Crippen MR) is 128 cm³/mol. The zero-order valence-electron chi connectivity index (χ0n) is 17.1. The number of thiazole rings is 1. The number of rotatable bonds is 10. The lowest BCUT2D eigenvalue weighted by Gasteiger charge is -2.12. The van der Waals surface area contributed by atoms with Crippen molar-refractivity contribution in [2.24, 2.45) is 4.99 Å². The number of aryl methyl sites for hydroxylation is 2. The van der Waals surface area contributed by atoms with Crippen molar-refractivity contribution in [3.8, 4) is 11.5 Å². The molecule has 0 bridgehead atoms. The Balaban J connectivity index is 0.00000392. The number of benzene rings is 1. The molecule has 1 aromatic heterocycles. The maximum absolute atomic E-state index is 5.36. The lowest BCUT2D eigenvalue weighted by atomic mass is 10.1. The number of ether oxygens (including phenoxy) is 2. The first kappa shape index (κ1) is 24.5. The van der Waals surface area contributed by atoms with Gasteiger partial charge in [-0.05, 0) is 43.9 Å². The summed E-state index contributed by atoms with van der Waals surface area (Å²) in [6.45, 7) is 6.50. The first-order valence-electron chi connectivity index (χ1n) is 9.36. The van der Waals surface area contributed by atoms with Gasteiger partial charge in [0.25, 0.3) is 0 Å². The zero-order valence-corrected chi connectivity index (χ0v) is 20.2. The van der Waals surface area contributed by atoms with Crippen molar-refractivity contribution in [1.82, 2.24) is 15.6 Å². The molecule has 2 N–H and O–H groups in total. The largest absolute Gasteiger partial charge is 0.493 e. The van der Waals surface area contributed by atoms with Crippen LogP contribution in [0.3, 0.4) is 0 Å². The number of aliphatic imine (C=N–C) groups is 1. The summed E-state index contributed by atoms with van der Waals surface area (Å²) in [4.78, 5) is 10.4. The van der Waals surface area contributed by atoms with Crippen LogP contribution in [0.15, 0.2) is 29.4 Å². The van der Waals surface area contributed by atoms with Gasteiger partial charge >= 0.3 is 0 Å². The molecule has 0 aliphatic rings. The fourth-order valence-corrected chi connectivity index (χ4v) is 3.40. The molecule has 0 unspecified atom stereocenters. The van der Waals surface area contributed by atoms with E-state index in [0.717, 1.165) is 54.8 Å². The van der Waals surface area contributed by atoms with E-state index >= 15 is 0 Å². The molecule has 1 aromatic carbocycles. The summed E-state index contributed by atoms with van der Waals surface area (Å²) in [5, 5.41) is 7.73. The minimum atomic E-state index is 0. The van der Waals surface area contributed by atoms with Gasteiger partial charge in [-0.15, -0.1) is 35.3 Å². The van der Waals surface area contributed by atoms with Crippen LogP contribution in [0.1, 0.15) is 35.7 Å². The Hall–Kier alpha value is -1.55. The summed E-state index contributed by atoms with van der Waals surface area (Å²) in [6, 6.07) is 6.06. The molecule has 2 aromatic rings. The molecule has 0 atom stereocenters. The number of methoxy groups -OCH3 is 2. The molecular weight excluding hydrogens is 487 g/mol. The van der Waals surface area contributed by atoms with E-state index in [-0.39, 0.29) is 24.0 Å².